The van der Waals surface area contributed by atoms with Crippen molar-refractivity contribution in [1.29, 1.82) is 0 Å². The van der Waals surface area contributed by atoms with Gasteiger partial charge in [0.25, 0.3) is 5.91 Å². The van der Waals surface area contributed by atoms with Crippen molar-refractivity contribution in [2.45, 2.75) is 0 Å². The van der Waals surface area contributed by atoms with E-state index in [2.05, 4.69) is 10.3 Å². The minimum atomic E-state index is -0.265. The lowest BCUT2D eigenvalue weighted by Gasteiger charge is -2.09. The minimum Gasteiger partial charge on any atom is -0.361 e. The molecule has 0 aliphatic heterocycles. The third-order valence-corrected chi connectivity index (χ3v) is 4.11. The summed E-state index contributed by atoms with van der Waals surface area (Å²) in [5, 5.41) is 4.69. The maximum Gasteiger partial charge on any atom is 0.255 e. The zero-order chi connectivity index (χ0) is 15.0. The van der Waals surface area contributed by atoms with Crippen molar-refractivity contribution in [3.63, 3.8) is 0 Å². The van der Waals surface area contributed by atoms with E-state index in [1.165, 1.54) is 12.1 Å². The number of carbonyl (C=O) groups is 1. The van der Waals surface area contributed by atoms with E-state index in [1.807, 2.05) is 18.3 Å². The molecule has 106 valence electrons. The lowest BCUT2D eigenvalue weighted by atomic mass is 10.1. The quantitative estimate of drug-likeness (QED) is 0.605. The normalized spacial score (nSPS) is 10.8. The van der Waals surface area contributed by atoms with Gasteiger partial charge in [-0.05, 0) is 36.4 Å². The van der Waals surface area contributed by atoms with E-state index in [0.717, 1.165) is 10.9 Å². The van der Waals surface area contributed by atoms with Gasteiger partial charge < -0.3 is 10.3 Å². The summed E-state index contributed by atoms with van der Waals surface area (Å²) in [5.41, 5.74) is 1.92. The van der Waals surface area contributed by atoms with Crippen LogP contribution in [0.2, 0.25) is 15.1 Å². The van der Waals surface area contributed by atoms with E-state index in [-0.39, 0.29) is 5.91 Å². The van der Waals surface area contributed by atoms with Crippen molar-refractivity contribution in [3.8, 4) is 0 Å². The maximum atomic E-state index is 12.3. The van der Waals surface area contributed by atoms with Gasteiger partial charge in [0.2, 0.25) is 0 Å². The standard InChI is InChI=1S/C15H9Cl3N2O/c16-10-6-12(18)14(7-11(10)17)20-15(21)9-1-2-13-8(5-9)3-4-19-13/h1-7,19H,(H,20,21). The van der Waals surface area contributed by atoms with Crippen molar-refractivity contribution in [2.75, 3.05) is 5.32 Å². The van der Waals surface area contributed by atoms with Crippen LogP contribution in [0.3, 0.4) is 0 Å². The van der Waals surface area contributed by atoms with E-state index < -0.39 is 0 Å². The molecular formula is C15H9Cl3N2O. The molecule has 0 aliphatic carbocycles. The Hall–Kier alpha value is -1.68. The van der Waals surface area contributed by atoms with Gasteiger partial charge in [-0.15, -0.1) is 0 Å². The first-order chi connectivity index (χ1) is 10.0. The third-order valence-electron chi connectivity index (χ3n) is 3.07. The first kappa shape index (κ1) is 14.3. The molecule has 6 heteroatoms. The molecule has 2 aromatic carbocycles. The van der Waals surface area contributed by atoms with E-state index in [4.69, 9.17) is 34.8 Å². The fourth-order valence-corrected chi connectivity index (χ4v) is 2.60. The highest BCUT2D eigenvalue weighted by atomic mass is 35.5. The van der Waals surface area contributed by atoms with Gasteiger partial charge in [-0.1, -0.05) is 34.8 Å². The number of rotatable bonds is 2. The highest BCUT2D eigenvalue weighted by Crippen LogP contribution is 2.32. The van der Waals surface area contributed by atoms with E-state index in [9.17, 15) is 4.79 Å². The van der Waals surface area contributed by atoms with Gasteiger partial charge in [0, 0.05) is 22.7 Å². The van der Waals surface area contributed by atoms with Gasteiger partial charge in [0.05, 0.1) is 20.8 Å². The summed E-state index contributed by atoms with van der Waals surface area (Å²) in [7, 11) is 0. The molecule has 1 aromatic heterocycles. The number of aromatic amines is 1. The number of halogens is 3. The predicted molar refractivity (Wildman–Crippen MR) is 87.7 cm³/mol. The molecule has 0 saturated heterocycles. The molecule has 3 aromatic rings. The van der Waals surface area contributed by atoms with Crippen LogP contribution in [-0.4, -0.2) is 10.9 Å². The van der Waals surface area contributed by atoms with E-state index in [1.54, 1.807) is 12.1 Å². The van der Waals surface area contributed by atoms with Crippen LogP contribution in [0.25, 0.3) is 10.9 Å². The number of carbonyl (C=O) groups excluding carboxylic acids is 1. The number of benzene rings is 2. The second-order valence-electron chi connectivity index (χ2n) is 4.48. The fourth-order valence-electron chi connectivity index (χ4n) is 2.01. The van der Waals surface area contributed by atoms with Crippen LogP contribution >= 0.6 is 34.8 Å². The zero-order valence-electron chi connectivity index (χ0n) is 10.6. The largest absolute Gasteiger partial charge is 0.361 e. The molecule has 0 bridgehead atoms. The van der Waals surface area contributed by atoms with Gasteiger partial charge in [0.15, 0.2) is 0 Å². The molecule has 3 nitrogen and oxygen atoms in total. The van der Waals surface area contributed by atoms with Gasteiger partial charge in [-0.3, -0.25) is 4.79 Å². The number of anilines is 1. The van der Waals surface area contributed by atoms with Crippen molar-refractivity contribution in [2.24, 2.45) is 0 Å². The van der Waals surface area contributed by atoms with E-state index in [0.29, 0.717) is 26.3 Å². The first-order valence-corrected chi connectivity index (χ1v) is 7.21. The SMILES string of the molecule is O=C(Nc1cc(Cl)c(Cl)cc1Cl)c1ccc2[nH]ccc2c1. The molecule has 2 N–H and O–H groups in total. The molecule has 0 spiro atoms. The monoisotopic (exact) mass is 338 g/mol. The minimum absolute atomic E-state index is 0.265. The van der Waals surface area contributed by atoms with Gasteiger partial charge >= 0.3 is 0 Å². The number of nitrogens with one attached hydrogen (secondary N) is 2. The summed E-state index contributed by atoms with van der Waals surface area (Å²) in [6.45, 7) is 0. The summed E-state index contributed by atoms with van der Waals surface area (Å²) in [6.07, 6.45) is 1.82. The predicted octanol–water partition coefficient (Wildman–Crippen LogP) is 5.38. The van der Waals surface area contributed by atoms with Crippen LogP contribution in [0.4, 0.5) is 5.69 Å². The Kier molecular flexibility index (Phi) is 3.81. The van der Waals surface area contributed by atoms with Crippen LogP contribution < -0.4 is 5.32 Å². The zero-order valence-corrected chi connectivity index (χ0v) is 12.9. The fraction of sp³-hybridized carbons (Fsp3) is 0. The molecule has 0 aliphatic rings. The van der Waals surface area contributed by atoms with E-state index >= 15 is 0 Å². The Balaban J connectivity index is 1.90. The highest BCUT2D eigenvalue weighted by Gasteiger charge is 2.11. The second kappa shape index (κ2) is 5.60. The summed E-state index contributed by atoms with van der Waals surface area (Å²) in [6, 6.07) is 10.3. The number of hydrogen-bond acceptors (Lipinski definition) is 1. The topological polar surface area (TPSA) is 44.9 Å². The maximum absolute atomic E-state index is 12.3. The molecule has 0 radical (unpaired) electrons. The lowest BCUT2D eigenvalue weighted by Crippen LogP contribution is -2.12. The number of fused-ring (bicyclic) bond motifs is 1. The number of aromatic nitrogens is 1. The highest BCUT2D eigenvalue weighted by molar-refractivity contribution is 6.44. The smallest absolute Gasteiger partial charge is 0.255 e. The Morgan fingerprint density at radius 1 is 0.952 bits per heavy atom. The Morgan fingerprint density at radius 2 is 1.71 bits per heavy atom. The number of amides is 1. The molecule has 0 unspecified atom stereocenters. The molecule has 1 amide bonds. The van der Waals surface area contributed by atoms with Crippen LogP contribution in [0, 0.1) is 0 Å². The van der Waals surface area contributed by atoms with Crippen molar-refractivity contribution >= 4 is 57.3 Å². The van der Waals surface area contributed by atoms with Gasteiger partial charge in [0.1, 0.15) is 0 Å². The Labute approximate surface area is 135 Å². The summed E-state index contributed by atoms with van der Waals surface area (Å²) >= 11 is 17.8. The average Bonchev–Trinajstić information content (AvgIpc) is 2.92. The van der Waals surface area contributed by atoms with Gasteiger partial charge in [-0.25, -0.2) is 0 Å². The number of H-pyrrole nitrogens is 1. The molecular weight excluding hydrogens is 331 g/mol. The Bertz CT molecular complexity index is 842. The molecule has 0 atom stereocenters. The molecule has 0 saturated carbocycles. The summed E-state index contributed by atoms with van der Waals surface area (Å²) < 4.78 is 0. The van der Waals surface area contributed by atoms with Crippen LogP contribution in [-0.2, 0) is 0 Å². The molecule has 21 heavy (non-hydrogen) atoms. The van der Waals surface area contributed by atoms with Crippen LogP contribution in [0.1, 0.15) is 10.4 Å². The Morgan fingerprint density at radius 3 is 2.52 bits per heavy atom. The van der Waals surface area contributed by atoms with Crippen LogP contribution in [0.15, 0.2) is 42.6 Å². The summed E-state index contributed by atoms with van der Waals surface area (Å²) in [5.74, 6) is -0.265. The molecule has 0 fully saturated rings. The average molecular weight is 340 g/mol. The number of hydrogen-bond donors (Lipinski definition) is 2. The van der Waals surface area contributed by atoms with Crippen LogP contribution in [0.5, 0.6) is 0 Å². The van der Waals surface area contributed by atoms with Gasteiger partial charge in [-0.2, -0.15) is 0 Å². The lowest BCUT2D eigenvalue weighted by molar-refractivity contribution is 0.102. The second-order valence-corrected chi connectivity index (χ2v) is 5.70. The molecule has 3 rings (SSSR count). The first-order valence-electron chi connectivity index (χ1n) is 6.07. The van der Waals surface area contributed by atoms with Crippen molar-refractivity contribution < 1.29 is 4.79 Å². The third kappa shape index (κ3) is 2.86. The van der Waals surface area contributed by atoms with Crippen molar-refractivity contribution in [1.82, 2.24) is 4.98 Å². The van der Waals surface area contributed by atoms with Crippen molar-refractivity contribution in [3.05, 3.63) is 63.2 Å². The summed E-state index contributed by atoms with van der Waals surface area (Å²) in [4.78, 5) is 15.3. The molecule has 1 heterocycles.